The molecule has 1 N–H and O–H groups in total. The molecule has 9 heteroatoms. The van der Waals surface area contributed by atoms with E-state index in [9.17, 15) is 8.42 Å². The number of nitrogens with one attached hydrogen (secondary N) is 1. The van der Waals surface area contributed by atoms with E-state index in [0.29, 0.717) is 31.1 Å². The summed E-state index contributed by atoms with van der Waals surface area (Å²) >= 11 is 0. The first-order valence-corrected chi connectivity index (χ1v) is 11.1. The van der Waals surface area contributed by atoms with Crippen LogP contribution in [-0.4, -0.2) is 57.5 Å². The minimum Gasteiger partial charge on any atom is -0.496 e. The van der Waals surface area contributed by atoms with Crippen LogP contribution in [0.2, 0.25) is 0 Å². The highest BCUT2D eigenvalue weighted by atomic mass is 32.2. The van der Waals surface area contributed by atoms with Crippen LogP contribution in [0.3, 0.4) is 0 Å². The fourth-order valence-corrected chi connectivity index (χ4v) is 5.33. The Balaban J connectivity index is 2.00. The number of ether oxygens (including phenoxy) is 1. The lowest BCUT2D eigenvalue weighted by molar-refractivity contribution is 0.382. The van der Waals surface area contributed by atoms with E-state index >= 15 is 0 Å². The third kappa shape index (κ3) is 4.36. The van der Waals surface area contributed by atoms with E-state index in [2.05, 4.69) is 15.3 Å². The molecule has 1 aliphatic rings. The van der Waals surface area contributed by atoms with Crippen LogP contribution in [0.1, 0.15) is 36.0 Å². The fourth-order valence-electron chi connectivity index (χ4n) is 3.59. The zero-order chi connectivity index (χ0) is 21.2. The molecule has 3 rings (SSSR count). The number of benzene rings is 1. The van der Waals surface area contributed by atoms with Gasteiger partial charge in [-0.3, -0.25) is 0 Å². The summed E-state index contributed by atoms with van der Waals surface area (Å²) in [6, 6.07) is 6.49. The molecule has 1 aromatic carbocycles. The van der Waals surface area contributed by atoms with Gasteiger partial charge in [-0.15, -0.1) is 0 Å². The summed E-state index contributed by atoms with van der Waals surface area (Å²) in [4.78, 5) is 11.5. The summed E-state index contributed by atoms with van der Waals surface area (Å²) in [5, 5.41) is 3.10. The lowest BCUT2D eigenvalue weighted by Crippen LogP contribution is -2.32. The van der Waals surface area contributed by atoms with Gasteiger partial charge in [0.25, 0.3) is 0 Å². The van der Waals surface area contributed by atoms with E-state index in [-0.39, 0.29) is 10.9 Å². The number of rotatable bonds is 7. The van der Waals surface area contributed by atoms with Crippen molar-refractivity contribution in [2.75, 3.05) is 39.7 Å². The molecule has 0 unspecified atom stereocenters. The molecule has 8 nitrogen and oxygen atoms in total. The molecule has 2 heterocycles. The number of aryl methyl sites for hydroxylation is 1. The Morgan fingerprint density at radius 3 is 2.66 bits per heavy atom. The van der Waals surface area contributed by atoms with Gasteiger partial charge in [0.2, 0.25) is 10.0 Å². The lowest BCUT2D eigenvalue weighted by atomic mass is 10.2. The maximum absolute atomic E-state index is 13.4. The Bertz CT molecular complexity index is 978. The van der Waals surface area contributed by atoms with E-state index in [4.69, 9.17) is 4.74 Å². The molecule has 29 heavy (non-hydrogen) atoms. The summed E-state index contributed by atoms with van der Waals surface area (Å²) in [5.74, 6) is 1.98. The average Bonchev–Trinajstić information content (AvgIpc) is 3.18. The van der Waals surface area contributed by atoms with E-state index in [1.807, 2.05) is 39.0 Å². The SMILES string of the molecule is CNCc1cc(N(C)C)nc([C@H]2CCCN2S(=O)(=O)c2ccc(OC)c(C)c2)n1. The zero-order valence-electron chi connectivity index (χ0n) is 17.6. The van der Waals surface area contributed by atoms with Crippen LogP contribution in [0.4, 0.5) is 5.82 Å². The average molecular weight is 420 g/mol. The van der Waals surface area contributed by atoms with Gasteiger partial charge in [-0.2, -0.15) is 4.31 Å². The molecule has 2 aromatic rings. The first kappa shape index (κ1) is 21.5. The molecule has 0 saturated carbocycles. The highest BCUT2D eigenvalue weighted by Gasteiger charge is 2.38. The fraction of sp³-hybridized carbons (Fsp3) is 0.500. The number of methoxy groups -OCH3 is 1. The Labute approximate surface area is 173 Å². The third-order valence-electron chi connectivity index (χ3n) is 5.07. The number of hydrogen-bond donors (Lipinski definition) is 1. The quantitative estimate of drug-likeness (QED) is 0.735. The van der Waals surface area contributed by atoms with Crippen molar-refractivity contribution in [1.29, 1.82) is 0 Å². The molecule has 1 atom stereocenters. The van der Waals surface area contributed by atoms with Gasteiger partial charge in [0.1, 0.15) is 17.4 Å². The molecule has 0 amide bonds. The van der Waals surface area contributed by atoms with E-state index in [0.717, 1.165) is 23.5 Å². The maximum atomic E-state index is 13.4. The van der Waals surface area contributed by atoms with E-state index < -0.39 is 10.0 Å². The summed E-state index contributed by atoms with van der Waals surface area (Å²) in [6.07, 6.45) is 1.47. The van der Waals surface area contributed by atoms with E-state index in [1.54, 1.807) is 25.3 Å². The minimum absolute atomic E-state index is 0.266. The van der Waals surface area contributed by atoms with Crippen molar-refractivity contribution in [1.82, 2.24) is 19.6 Å². The monoisotopic (exact) mass is 419 g/mol. The molecule has 0 radical (unpaired) electrons. The van der Waals surface area contributed by atoms with Gasteiger partial charge in [-0.1, -0.05) is 0 Å². The largest absolute Gasteiger partial charge is 0.496 e. The second-order valence-corrected chi connectivity index (χ2v) is 9.30. The Hall–Kier alpha value is -2.23. The van der Waals surface area contributed by atoms with Crippen LogP contribution in [-0.2, 0) is 16.6 Å². The number of anilines is 1. The Kier molecular flexibility index (Phi) is 6.40. The third-order valence-corrected chi connectivity index (χ3v) is 6.98. The molecule has 1 fully saturated rings. The van der Waals surface area contributed by atoms with Gasteiger partial charge in [0.05, 0.1) is 23.7 Å². The Morgan fingerprint density at radius 2 is 2.03 bits per heavy atom. The van der Waals surface area contributed by atoms with Crippen molar-refractivity contribution in [3.63, 3.8) is 0 Å². The van der Waals surface area contributed by atoms with Crippen molar-refractivity contribution in [2.45, 2.75) is 37.2 Å². The van der Waals surface area contributed by atoms with Crippen molar-refractivity contribution in [3.8, 4) is 5.75 Å². The van der Waals surface area contributed by atoms with Crippen LogP contribution in [0.15, 0.2) is 29.2 Å². The Morgan fingerprint density at radius 1 is 1.28 bits per heavy atom. The standard InChI is InChI=1S/C20H29N5O3S/c1-14-11-16(8-9-18(14)28-5)29(26,27)25-10-6-7-17(25)20-22-15(13-21-2)12-19(23-20)24(3)4/h8-9,11-12,17,21H,6-7,10,13H2,1-5H3/t17-/m1/s1. The van der Waals surface area contributed by atoms with Crippen molar-refractivity contribution in [2.24, 2.45) is 0 Å². The molecule has 0 bridgehead atoms. The van der Waals surface area contributed by atoms with Crippen molar-refractivity contribution in [3.05, 3.63) is 41.3 Å². The summed E-state index contributed by atoms with van der Waals surface area (Å²) in [6.45, 7) is 2.88. The predicted octanol–water partition coefficient (Wildman–Crippen LogP) is 2.10. The number of nitrogens with zero attached hydrogens (tertiary/aromatic N) is 4. The summed E-state index contributed by atoms with van der Waals surface area (Å²) < 4.78 is 33.6. The van der Waals surface area contributed by atoms with Crippen LogP contribution in [0.5, 0.6) is 5.75 Å². The van der Waals surface area contributed by atoms with Crippen LogP contribution >= 0.6 is 0 Å². The van der Waals surface area contributed by atoms with Gasteiger partial charge in [0.15, 0.2) is 0 Å². The summed E-state index contributed by atoms with van der Waals surface area (Å²) in [7, 11) is 3.59. The lowest BCUT2D eigenvalue weighted by Gasteiger charge is -2.25. The zero-order valence-corrected chi connectivity index (χ0v) is 18.5. The highest BCUT2D eigenvalue weighted by molar-refractivity contribution is 7.89. The van der Waals surface area contributed by atoms with Crippen molar-refractivity contribution >= 4 is 15.8 Å². The van der Waals surface area contributed by atoms with Crippen molar-refractivity contribution < 1.29 is 13.2 Å². The maximum Gasteiger partial charge on any atom is 0.243 e. The normalized spacial score (nSPS) is 17.5. The molecule has 1 aromatic heterocycles. The van der Waals surface area contributed by atoms with Gasteiger partial charge in [-0.25, -0.2) is 18.4 Å². The molecule has 0 spiro atoms. The molecular formula is C20H29N5O3S. The predicted molar refractivity (Wildman–Crippen MR) is 113 cm³/mol. The first-order chi connectivity index (χ1) is 13.8. The van der Waals surface area contributed by atoms with Crippen LogP contribution in [0, 0.1) is 6.92 Å². The molecule has 1 aliphatic heterocycles. The topological polar surface area (TPSA) is 87.7 Å². The highest BCUT2D eigenvalue weighted by Crippen LogP contribution is 2.36. The van der Waals surface area contributed by atoms with Crippen LogP contribution in [0.25, 0.3) is 0 Å². The smallest absolute Gasteiger partial charge is 0.243 e. The molecule has 1 saturated heterocycles. The van der Waals surface area contributed by atoms with Gasteiger partial charge < -0.3 is 15.0 Å². The second kappa shape index (κ2) is 8.64. The van der Waals surface area contributed by atoms with E-state index in [1.165, 1.54) is 4.31 Å². The van der Waals surface area contributed by atoms with Gasteiger partial charge >= 0.3 is 0 Å². The number of sulfonamides is 1. The number of aromatic nitrogens is 2. The first-order valence-electron chi connectivity index (χ1n) is 9.64. The van der Waals surface area contributed by atoms with Crippen LogP contribution < -0.4 is 15.0 Å². The molecular weight excluding hydrogens is 390 g/mol. The minimum atomic E-state index is -3.67. The van der Waals surface area contributed by atoms with Gasteiger partial charge in [-0.05, 0) is 50.6 Å². The summed E-state index contributed by atoms with van der Waals surface area (Å²) in [5.41, 5.74) is 1.62. The second-order valence-electron chi connectivity index (χ2n) is 7.41. The molecule has 158 valence electrons. The molecule has 0 aliphatic carbocycles. The van der Waals surface area contributed by atoms with Gasteiger partial charge in [0, 0.05) is 33.3 Å². The number of hydrogen-bond acceptors (Lipinski definition) is 7.